The SMILES string of the molecule is COc1ncccc1-c1ccc(O)c(-c2nc3cc(C(=O)NCc4nncn4C4CCCCC4)ccc3[nH]2)c1. The highest BCUT2D eigenvalue weighted by molar-refractivity contribution is 5.97. The number of benzene rings is 2. The number of hydrogen-bond acceptors (Lipinski definition) is 7. The number of aromatic nitrogens is 6. The van der Waals surface area contributed by atoms with E-state index >= 15 is 0 Å². The van der Waals surface area contributed by atoms with Gasteiger partial charge in [-0.3, -0.25) is 4.79 Å². The van der Waals surface area contributed by atoms with Crippen molar-refractivity contribution in [1.82, 2.24) is 35.0 Å². The molecule has 1 aliphatic carbocycles. The van der Waals surface area contributed by atoms with Crippen molar-refractivity contribution in [1.29, 1.82) is 0 Å². The fraction of sp³-hybridized carbons (Fsp3) is 0.276. The number of aromatic amines is 1. The summed E-state index contributed by atoms with van der Waals surface area (Å²) in [5.41, 5.74) is 4.02. The lowest BCUT2D eigenvalue weighted by Gasteiger charge is -2.24. The summed E-state index contributed by atoms with van der Waals surface area (Å²) in [5, 5.41) is 21.9. The van der Waals surface area contributed by atoms with Crippen LogP contribution in [0.4, 0.5) is 0 Å². The predicted octanol–water partition coefficient (Wildman–Crippen LogP) is 5.03. The van der Waals surface area contributed by atoms with E-state index in [2.05, 4.69) is 35.0 Å². The Balaban J connectivity index is 1.22. The topological polar surface area (TPSA) is 131 Å². The fourth-order valence-electron chi connectivity index (χ4n) is 5.26. The van der Waals surface area contributed by atoms with E-state index in [1.54, 1.807) is 43.9 Å². The van der Waals surface area contributed by atoms with Crippen LogP contribution in [0.5, 0.6) is 11.6 Å². The first kappa shape index (κ1) is 24.6. The summed E-state index contributed by atoms with van der Waals surface area (Å²) in [7, 11) is 1.57. The number of carbonyl (C=O) groups excluding carboxylic acids is 1. The molecule has 0 unspecified atom stereocenters. The maximum atomic E-state index is 13.0. The second-order valence-electron chi connectivity index (χ2n) is 9.74. The van der Waals surface area contributed by atoms with Crippen molar-refractivity contribution in [3.05, 3.63) is 72.4 Å². The first-order chi connectivity index (χ1) is 19.1. The number of methoxy groups -OCH3 is 1. The standard InChI is InChI=1S/C29H29N7O3/c1-39-29-21(8-5-13-30-29)18-10-12-25(37)22(14-18)27-33-23-11-9-19(15-24(23)34-27)28(38)31-16-26-35-32-17-36(26)20-6-3-2-4-7-20/h5,8-15,17,20,37H,2-4,6-7,16H2,1H3,(H,31,38)(H,33,34). The normalized spacial score (nSPS) is 14.0. The number of nitrogens with zero attached hydrogens (tertiary/aromatic N) is 5. The van der Waals surface area contributed by atoms with E-state index in [0.717, 1.165) is 35.3 Å². The molecule has 6 rings (SSSR count). The highest BCUT2D eigenvalue weighted by Gasteiger charge is 2.19. The maximum Gasteiger partial charge on any atom is 0.251 e. The molecule has 1 saturated carbocycles. The molecule has 1 amide bonds. The Morgan fingerprint density at radius 3 is 2.85 bits per heavy atom. The van der Waals surface area contributed by atoms with Crippen LogP contribution in [0.1, 0.15) is 54.3 Å². The number of phenols is 1. The van der Waals surface area contributed by atoms with E-state index in [1.165, 1.54) is 19.3 Å². The molecule has 0 atom stereocenters. The number of rotatable bonds is 7. The van der Waals surface area contributed by atoms with Crippen LogP contribution in [0.15, 0.2) is 61.1 Å². The van der Waals surface area contributed by atoms with Crippen LogP contribution in [0.25, 0.3) is 33.5 Å². The number of amides is 1. The van der Waals surface area contributed by atoms with Gasteiger partial charge in [-0.15, -0.1) is 10.2 Å². The van der Waals surface area contributed by atoms with Crippen molar-refractivity contribution in [2.24, 2.45) is 0 Å². The molecule has 39 heavy (non-hydrogen) atoms. The molecular weight excluding hydrogens is 494 g/mol. The molecule has 1 fully saturated rings. The molecule has 0 radical (unpaired) electrons. The van der Waals surface area contributed by atoms with Gasteiger partial charge in [-0.2, -0.15) is 0 Å². The molecule has 5 aromatic rings. The summed E-state index contributed by atoms with van der Waals surface area (Å²) < 4.78 is 7.50. The molecule has 10 heteroatoms. The van der Waals surface area contributed by atoms with Crippen molar-refractivity contribution in [2.75, 3.05) is 7.11 Å². The van der Waals surface area contributed by atoms with Gasteiger partial charge in [-0.1, -0.05) is 25.3 Å². The lowest BCUT2D eigenvalue weighted by atomic mass is 9.95. The van der Waals surface area contributed by atoms with Crippen molar-refractivity contribution in [2.45, 2.75) is 44.7 Å². The molecule has 198 valence electrons. The Bertz CT molecular complexity index is 1640. The zero-order chi connectivity index (χ0) is 26.8. The second kappa shape index (κ2) is 10.6. The number of H-pyrrole nitrogens is 1. The first-order valence-corrected chi connectivity index (χ1v) is 13.1. The van der Waals surface area contributed by atoms with Crippen LogP contribution in [0.2, 0.25) is 0 Å². The van der Waals surface area contributed by atoms with Gasteiger partial charge in [0.1, 0.15) is 17.9 Å². The van der Waals surface area contributed by atoms with E-state index in [-0.39, 0.29) is 11.7 Å². The number of aromatic hydroxyl groups is 1. The van der Waals surface area contributed by atoms with Crippen LogP contribution in [0.3, 0.4) is 0 Å². The fourth-order valence-corrected chi connectivity index (χ4v) is 5.26. The summed E-state index contributed by atoms with van der Waals surface area (Å²) in [6, 6.07) is 14.7. The molecule has 2 aromatic carbocycles. The summed E-state index contributed by atoms with van der Waals surface area (Å²) in [6.45, 7) is 0.303. The zero-order valence-corrected chi connectivity index (χ0v) is 21.6. The Labute approximate surface area is 225 Å². The van der Waals surface area contributed by atoms with Gasteiger partial charge in [0.05, 0.1) is 30.3 Å². The van der Waals surface area contributed by atoms with Gasteiger partial charge in [0.25, 0.3) is 5.91 Å². The first-order valence-electron chi connectivity index (χ1n) is 13.1. The number of ether oxygens (including phenoxy) is 1. The van der Waals surface area contributed by atoms with Crippen molar-refractivity contribution in [3.63, 3.8) is 0 Å². The Hall–Kier alpha value is -4.73. The van der Waals surface area contributed by atoms with E-state index in [0.29, 0.717) is 40.9 Å². The lowest BCUT2D eigenvalue weighted by Crippen LogP contribution is -2.26. The van der Waals surface area contributed by atoms with Crippen LogP contribution >= 0.6 is 0 Å². The molecule has 0 bridgehead atoms. The Morgan fingerprint density at radius 2 is 2.00 bits per heavy atom. The molecule has 3 N–H and O–H groups in total. The van der Waals surface area contributed by atoms with Crippen LogP contribution < -0.4 is 10.1 Å². The third kappa shape index (κ3) is 4.93. The van der Waals surface area contributed by atoms with Gasteiger partial charge in [-0.05, 0) is 60.9 Å². The number of nitrogens with one attached hydrogen (secondary N) is 2. The summed E-state index contributed by atoms with van der Waals surface area (Å²) >= 11 is 0. The molecule has 10 nitrogen and oxygen atoms in total. The van der Waals surface area contributed by atoms with Crippen LogP contribution in [-0.4, -0.2) is 47.8 Å². The highest BCUT2D eigenvalue weighted by atomic mass is 16.5. The molecule has 0 spiro atoms. The summed E-state index contributed by atoms with van der Waals surface area (Å²) in [6.07, 6.45) is 9.35. The van der Waals surface area contributed by atoms with Gasteiger partial charge >= 0.3 is 0 Å². The largest absolute Gasteiger partial charge is 0.507 e. The second-order valence-corrected chi connectivity index (χ2v) is 9.74. The smallest absolute Gasteiger partial charge is 0.251 e. The van der Waals surface area contributed by atoms with E-state index < -0.39 is 0 Å². The monoisotopic (exact) mass is 523 g/mol. The van der Waals surface area contributed by atoms with Gasteiger partial charge < -0.3 is 24.7 Å². The molecular formula is C29H29N7O3. The third-order valence-corrected chi connectivity index (χ3v) is 7.29. The van der Waals surface area contributed by atoms with E-state index in [1.807, 2.05) is 24.3 Å². The van der Waals surface area contributed by atoms with Crippen molar-refractivity contribution >= 4 is 16.9 Å². The maximum absolute atomic E-state index is 13.0. The predicted molar refractivity (Wildman–Crippen MR) is 146 cm³/mol. The highest BCUT2D eigenvalue weighted by Crippen LogP contribution is 2.36. The lowest BCUT2D eigenvalue weighted by molar-refractivity contribution is 0.0949. The quantitative estimate of drug-likeness (QED) is 0.273. The van der Waals surface area contributed by atoms with Crippen molar-refractivity contribution in [3.8, 4) is 34.1 Å². The minimum atomic E-state index is -0.215. The number of phenolic OH excluding ortho intramolecular Hbond substituents is 1. The number of carbonyl (C=O) groups is 1. The van der Waals surface area contributed by atoms with E-state index in [9.17, 15) is 9.90 Å². The van der Waals surface area contributed by atoms with Gasteiger partial charge in [0.15, 0.2) is 5.82 Å². The number of imidazole rings is 1. The molecule has 1 aliphatic rings. The number of hydrogen-bond donors (Lipinski definition) is 3. The molecule has 3 aromatic heterocycles. The van der Waals surface area contributed by atoms with Gasteiger partial charge in [0.2, 0.25) is 5.88 Å². The van der Waals surface area contributed by atoms with Crippen molar-refractivity contribution < 1.29 is 14.6 Å². The summed E-state index contributed by atoms with van der Waals surface area (Å²) in [4.78, 5) is 25.2. The molecule has 3 heterocycles. The van der Waals surface area contributed by atoms with E-state index in [4.69, 9.17) is 4.74 Å². The zero-order valence-electron chi connectivity index (χ0n) is 21.6. The average Bonchev–Trinajstić information content (AvgIpc) is 3.63. The Morgan fingerprint density at radius 1 is 1.13 bits per heavy atom. The number of pyridine rings is 1. The van der Waals surface area contributed by atoms with Gasteiger partial charge in [-0.25, -0.2) is 9.97 Å². The van der Waals surface area contributed by atoms with Gasteiger partial charge in [0, 0.05) is 23.4 Å². The minimum absolute atomic E-state index is 0.0840. The van der Waals surface area contributed by atoms with Crippen LogP contribution in [-0.2, 0) is 6.54 Å². The number of fused-ring (bicyclic) bond motifs is 1. The molecule has 0 saturated heterocycles. The third-order valence-electron chi connectivity index (χ3n) is 7.29. The molecule has 0 aliphatic heterocycles. The summed E-state index contributed by atoms with van der Waals surface area (Å²) in [5.74, 6) is 1.62. The minimum Gasteiger partial charge on any atom is -0.507 e. The van der Waals surface area contributed by atoms with Crippen LogP contribution in [0, 0.1) is 0 Å². The Kier molecular flexibility index (Phi) is 6.66. The average molecular weight is 524 g/mol.